The molecule has 0 atom stereocenters. The highest BCUT2D eigenvalue weighted by Gasteiger charge is 2.09. The second-order valence-electron chi connectivity index (χ2n) is 3.60. The Morgan fingerprint density at radius 2 is 2.12 bits per heavy atom. The summed E-state index contributed by atoms with van der Waals surface area (Å²) in [7, 11) is 0. The van der Waals surface area contributed by atoms with Crippen LogP contribution in [0.4, 0.5) is 15.8 Å². The van der Waals surface area contributed by atoms with E-state index in [-0.39, 0.29) is 11.6 Å². The van der Waals surface area contributed by atoms with Gasteiger partial charge in [-0.05, 0) is 37.3 Å². The third-order valence-corrected chi connectivity index (χ3v) is 3.22. The van der Waals surface area contributed by atoms with Crippen LogP contribution in [0.5, 0.6) is 0 Å². The average Bonchev–Trinajstić information content (AvgIpc) is 2.70. The van der Waals surface area contributed by atoms with E-state index in [9.17, 15) is 9.18 Å². The summed E-state index contributed by atoms with van der Waals surface area (Å²) in [6.07, 6.45) is 0. The van der Waals surface area contributed by atoms with Crippen molar-refractivity contribution in [1.29, 1.82) is 0 Å². The van der Waals surface area contributed by atoms with Crippen molar-refractivity contribution in [3.8, 4) is 0 Å². The summed E-state index contributed by atoms with van der Waals surface area (Å²) < 4.78 is 13.2. The average molecular weight is 250 g/mol. The Bertz CT molecular complexity index is 565. The SMILES string of the molecule is Cc1ccc(C(=O)Nc2ccc(N)c(F)c2)s1. The molecule has 17 heavy (non-hydrogen) atoms. The Morgan fingerprint density at radius 1 is 1.35 bits per heavy atom. The molecule has 0 saturated heterocycles. The van der Waals surface area contributed by atoms with Crippen molar-refractivity contribution in [3.05, 3.63) is 45.9 Å². The molecule has 3 nitrogen and oxygen atoms in total. The summed E-state index contributed by atoms with van der Waals surface area (Å²) in [6, 6.07) is 7.79. The van der Waals surface area contributed by atoms with Crippen LogP contribution >= 0.6 is 11.3 Å². The summed E-state index contributed by atoms with van der Waals surface area (Å²) in [6.45, 7) is 1.92. The lowest BCUT2D eigenvalue weighted by Crippen LogP contribution is -2.10. The Morgan fingerprint density at radius 3 is 2.71 bits per heavy atom. The molecule has 5 heteroatoms. The molecule has 2 rings (SSSR count). The molecule has 0 unspecified atom stereocenters. The van der Waals surface area contributed by atoms with Crippen LogP contribution in [0.1, 0.15) is 14.5 Å². The monoisotopic (exact) mass is 250 g/mol. The molecule has 0 fully saturated rings. The molecular formula is C12H11FN2OS. The maximum absolute atomic E-state index is 13.2. The lowest BCUT2D eigenvalue weighted by molar-refractivity contribution is 0.103. The number of amides is 1. The summed E-state index contributed by atoms with van der Waals surface area (Å²) in [4.78, 5) is 13.4. The molecule has 3 N–H and O–H groups in total. The van der Waals surface area contributed by atoms with Gasteiger partial charge < -0.3 is 11.1 Å². The largest absolute Gasteiger partial charge is 0.396 e. The van der Waals surface area contributed by atoms with E-state index < -0.39 is 5.82 Å². The molecule has 0 bridgehead atoms. The maximum Gasteiger partial charge on any atom is 0.265 e. The number of carbonyl (C=O) groups is 1. The van der Waals surface area contributed by atoms with Crippen LogP contribution in [0.15, 0.2) is 30.3 Å². The van der Waals surface area contributed by atoms with Crippen LogP contribution in [0.3, 0.4) is 0 Å². The summed E-state index contributed by atoms with van der Waals surface area (Å²) >= 11 is 1.39. The fourth-order valence-electron chi connectivity index (χ4n) is 1.35. The van der Waals surface area contributed by atoms with Crippen LogP contribution in [-0.4, -0.2) is 5.91 Å². The number of thiophene rings is 1. The minimum atomic E-state index is -0.537. The van der Waals surface area contributed by atoms with Crippen molar-refractivity contribution < 1.29 is 9.18 Å². The number of carbonyl (C=O) groups excluding carboxylic acids is 1. The number of anilines is 2. The van der Waals surface area contributed by atoms with E-state index in [1.807, 2.05) is 13.0 Å². The number of nitrogen functional groups attached to an aromatic ring is 1. The number of halogens is 1. The Kier molecular flexibility index (Phi) is 3.10. The molecule has 1 aromatic carbocycles. The summed E-state index contributed by atoms with van der Waals surface area (Å²) in [5, 5.41) is 2.62. The fourth-order valence-corrected chi connectivity index (χ4v) is 2.12. The van der Waals surface area contributed by atoms with Crippen molar-refractivity contribution >= 4 is 28.6 Å². The van der Waals surface area contributed by atoms with Gasteiger partial charge in [0.05, 0.1) is 10.6 Å². The number of hydrogen-bond acceptors (Lipinski definition) is 3. The van der Waals surface area contributed by atoms with Crippen LogP contribution < -0.4 is 11.1 Å². The molecule has 0 aliphatic rings. The fraction of sp³-hybridized carbons (Fsp3) is 0.0833. The zero-order valence-corrected chi connectivity index (χ0v) is 9.98. The highest BCUT2D eigenvalue weighted by atomic mass is 32.1. The first-order chi connectivity index (χ1) is 8.06. The van der Waals surface area contributed by atoms with Crippen LogP contribution in [0.2, 0.25) is 0 Å². The lowest BCUT2D eigenvalue weighted by Gasteiger charge is -2.04. The van der Waals surface area contributed by atoms with Gasteiger partial charge >= 0.3 is 0 Å². The second kappa shape index (κ2) is 4.55. The third kappa shape index (κ3) is 2.62. The molecule has 0 spiro atoms. The van der Waals surface area contributed by atoms with Gasteiger partial charge in [0.25, 0.3) is 5.91 Å². The molecule has 0 saturated carbocycles. The lowest BCUT2D eigenvalue weighted by atomic mass is 10.2. The molecular weight excluding hydrogens is 239 g/mol. The number of aryl methyl sites for hydroxylation is 1. The third-order valence-electron chi connectivity index (χ3n) is 2.22. The summed E-state index contributed by atoms with van der Waals surface area (Å²) in [5.41, 5.74) is 5.81. The Balaban J connectivity index is 2.15. The van der Waals surface area contributed by atoms with Gasteiger partial charge in [-0.3, -0.25) is 4.79 Å². The molecule has 88 valence electrons. The minimum Gasteiger partial charge on any atom is -0.396 e. The van der Waals surface area contributed by atoms with Gasteiger partial charge in [0.15, 0.2) is 0 Å². The van der Waals surface area contributed by atoms with E-state index in [0.717, 1.165) is 4.88 Å². The van der Waals surface area contributed by atoms with Gasteiger partial charge in [0.1, 0.15) is 5.82 Å². The number of nitrogens with one attached hydrogen (secondary N) is 1. The van der Waals surface area contributed by atoms with E-state index in [0.29, 0.717) is 10.6 Å². The second-order valence-corrected chi connectivity index (χ2v) is 4.89. The molecule has 1 heterocycles. The van der Waals surface area contributed by atoms with Crippen LogP contribution in [-0.2, 0) is 0 Å². The first-order valence-electron chi connectivity index (χ1n) is 4.99. The van der Waals surface area contributed by atoms with Crippen molar-refractivity contribution in [3.63, 3.8) is 0 Å². The topological polar surface area (TPSA) is 55.1 Å². The van der Waals surface area contributed by atoms with Gasteiger partial charge in [-0.15, -0.1) is 11.3 Å². The van der Waals surface area contributed by atoms with Gasteiger partial charge in [-0.25, -0.2) is 4.39 Å². The zero-order chi connectivity index (χ0) is 12.4. The van der Waals surface area contributed by atoms with E-state index in [2.05, 4.69) is 5.32 Å². The molecule has 0 aliphatic heterocycles. The van der Waals surface area contributed by atoms with Crippen LogP contribution in [0, 0.1) is 12.7 Å². The molecule has 0 aliphatic carbocycles. The van der Waals surface area contributed by atoms with E-state index in [4.69, 9.17) is 5.73 Å². The smallest absolute Gasteiger partial charge is 0.265 e. The van der Waals surface area contributed by atoms with Gasteiger partial charge in [-0.2, -0.15) is 0 Å². The maximum atomic E-state index is 13.2. The van der Waals surface area contributed by atoms with Crippen molar-refractivity contribution in [2.45, 2.75) is 6.92 Å². The molecule has 0 radical (unpaired) electrons. The van der Waals surface area contributed by atoms with Gasteiger partial charge in [-0.1, -0.05) is 0 Å². The van der Waals surface area contributed by atoms with Gasteiger partial charge in [0, 0.05) is 10.6 Å². The minimum absolute atomic E-state index is 0.0648. The van der Waals surface area contributed by atoms with E-state index in [1.54, 1.807) is 12.1 Å². The number of benzene rings is 1. The summed E-state index contributed by atoms with van der Waals surface area (Å²) in [5.74, 6) is -0.780. The standard InChI is InChI=1S/C12H11FN2OS/c1-7-2-5-11(17-7)12(16)15-8-3-4-10(14)9(13)6-8/h2-6H,14H2,1H3,(H,15,16). The van der Waals surface area contributed by atoms with E-state index in [1.165, 1.54) is 23.5 Å². The van der Waals surface area contributed by atoms with Gasteiger partial charge in [0.2, 0.25) is 0 Å². The predicted octanol–water partition coefficient (Wildman–Crippen LogP) is 3.03. The molecule has 1 amide bonds. The Hall–Kier alpha value is -1.88. The highest BCUT2D eigenvalue weighted by molar-refractivity contribution is 7.14. The van der Waals surface area contributed by atoms with Crippen molar-refractivity contribution in [2.24, 2.45) is 0 Å². The van der Waals surface area contributed by atoms with Crippen LogP contribution in [0.25, 0.3) is 0 Å². The Labute approximate surface area is 102 Å². The number of rotatable bonds is 2. The number of hydrogen-bond donors (Lipinski definition) is 2. The normalized spacial score (nSPS) is 10.2. The quantitative estimate of drug-likeness (QED) is 0.805. The first-order valence-corrected chi connectivity index (χ1v) is 5.81. The molecule has 2 aromatic rings. The molecule has 1 aromatic heterocycles. The predicted molar refractivity (Wildman–Crippen MR) is 67.8 cm³/mol. The van der Waals surface area contributed by atoms with Crippen molar-refractivity contribution in [1.82, 2.24) is 0 Å². The zero-order valence-electron chi connectivity index (χ0n) is 9.16. The van der Waals surface area contributed by atoms with E-state index >= 15 is 0 Å². The first kappa shape index (κ1) is 11.6. The van der Waals surface area contributed by atoms with Crippen molar-refractivity contribution in [2.75, 3.05) is 11.1 Å². The highest BCUT2D eigenvalue weighted by Crippen LogP contribution is 2.19. The number of nitrogens with two attached hydrogens (primary N) is 1.